The van der Waals surface area contributed by atoms with E-state index < -0.39 is 0 Å². The molecule has 2 rings (SSSR count). The number of aromatic nitrogens is 2. The Labute approximate surface area is 136 Å². The molecular formula is C17H24N4O2. The zero-order chi connectivity index (χ0) is 17.2. The van der Waals surface area contributed by atoms with E-state index in [1.807, 2.05) is 40.7 Å². The van der Waals surface area contributed by atoms with Gasteiger partial charge in [0.25, 0.3) is 11.8 Å². The average molecular weight is 316 g/mol. The molecule has 23 heavy (non-hydrogen) atoms. The van der Waals surface area contributed by atoms with Crippen LogP contribution >= 0.6 is 0 Å². The molecule has 0 aromatic carbocycles. The second kappa shape index (κ2) is 6.40. The van der Waals surface area contributed by atoms with E-state index in [0.717, 1.165) is 6.42 Å². The van der Waals surface area contributed by atoms with E-state index >= 15 is 0 Å². The lowest BCUT2D eigenvalue weighted by atomic mass is 10.1. The van der Waals surface area contributed by atoms with Crippen molar-refractivity contribution in [2.45, 2.75) is 52.6 Å². The molecule has 2 heterocycles. The molecule has 0 radical (unpaired) electrons. The summed E-state index contributed by atoms with van der Waals surface area (Å²) in [6, 6.07) is 5.46. The van der Waals surface area contributed by atoms with Crippen LogP contribution in [0.5, 0.6) is 0 Å². The van der Waals surface area contributed by atoms with Gasteiger partial charge in [-0.15, -0.1) is 0 Å². The van der Waals surface area contributed by atoms with Crippen LogP contribution in [0.15, 0.2) is 24.4 Å². The van der Waals surface area contributed by atoms with Gasteiger partial charge in [-0.2, -0.15) is 0 Å². The largest absolute Gasteiger partial charge is 0.347 e. The van der Waals surface area contributed by atoms with Crippen molar-refractivity contribution in [3.63, 3.8) is 0 Å². The highest BCUT2D eigenvalue weighted by atomic mass is 16.2. The number of rotatable bonds is 4. The maximum atomic E-state index is 12.5. The third kappa shape index (κ3) is 3.88. The van der Waals surface area contributed by atoms with Crippen molar-refractivity contribution >= 4 is 17.3 Å². The van der Waals surface area contributed by atoms with E-state index in [1.165, 1.54) is 0 Å². The highest BCUT2D eigenvalue weighted by Crippen LogP contribution is 2.15. The van der Waals surface area contributed by atoms with Gasteiger partial charge in [-0.3, -0.25) is 14.0 Å². The number of hydrogen-bond acceptors (Lipinski definition) is 3. The lowest BCUT2D eigenvalue weighted by Crippen LogP contribution is -2.40. The Hall–Kier alpha value is -2.37. The second-order valence-electron chi connectivity index (χ2n) is 6.73. The van der Waals surface area contributed by atoms with Crippen LogP contribution in [0, 0.1) is 0 Å². The van der Waals surface area contributed by atoms with Crippen LogP contribution in [-0.4, -0.2) is 32.8 Å². The van der Waals surface area contributed by atoms with Crippen molar-refractivity contribution in [1.82, 2.24) is 20.0 Å². The van der Waals surface area contributed by atoms with Crippen molar-refractivity contribution in [2.24, 2.45) is 0 Å². The molecule has 0 aliphatic heterocycles. The molecule has 2 aromatic heterocycles. The molecule has 6 nitrogen and oxygen atoms in total. The SMILES string of the molecule is CCC(C)NC(=O)c1nc(C(=O)NC(C)(C)C)c2ccccn12. The number of imidazole rings is 1. The minimum atomic E-state index is -0.374. The minimum absolute atomic E-state index is 0.0467. The van der Waals surface area contributed by atoms with Crippen LogP contribution in [-0.2, 0) is 0 Å². The predicted molar refractivity (Wildman–Crippen MR) is 89.6 cm³/mol. The molecule has 0 spiro atoms. The Balaban J connectivity index is 2.44. The molecular weight excluding hydrogens is 292 g/mol. The Bertz CT molecular complexity index is 728. The summed E-state index contributed by atoms with van der Waals surface area (Å²) in [6.07, 6.45) is 2.56. The second-order valence-corrected chi connectivity index (χ2v) is 6.73. The lowest BCUT2D eigenvalue weighted by Gasteiger charge is -2.19. The van der Waals surface area contributed by atoms with E-state index in [1.54, 1.807) is 22.7 Å². The summed E-state index contributed by atoms with van der Waals surface area (Å²) in [5.41, 5.74) is 0.499. The van der Waals surface area contributed by atoms with Crippen LogP contribution in [0.2, 0.25) is 0 Å². The third-order valence-corrected chi connectivity index (χ3v) is 3.44. The average Bonchev–Trinajstić information content (AvgIpc) is 2.85. The van der Waals surface area contributed by atoms with Gasteiger partial charge in [0.2, 0.25) is 5.82 Å². The molecule has 6 heteroatoms. The topological polar surface area (TPSA) is 75.5 Å². The molecule has 2 N–H and O–H groups in total. The van der Waals surface area contributed by atoms with E-state index in [0.29, 0.717) is 5.52 Å². The van der Waals surface area contributed by atoms with Gasteiger partial charge in [-0.05, 0) is 46.2 Å². The Kier molecular flexibility index (Phi) is 4.73. The molecule has 2 aromatic rings. The zero-order valence-corrected chi connectivity index (χ0v) is 14.3. The number of nitrogens with zero attached hydrogens (tertiary/aromatic N) is 2. The number of carbonyl (C=O) groups excluding carboxylic acids is 2. The Morgan fingerprint density at radius 3 is 2.57 bits per heavy atom. The van der Waals surface area contributed by atoms with Gasteiger partial charge < -0.3 is 10.6 Å². The van der Waals surface area contributed by atoms with Gasteiger partial charge in [0.05, 0.1) is 5.52 Å². The molecule has 124 valence electrons. The van der Waals surface area contributed by atoms with Crippen LogP contribution < -0.4 is 10.6 Å². The number of pyridine rings is 1. The van der Waals surface area contributed by atoms with Crippen LogP contribution in [0.25, 0.3) is 5.52 Å². The fourth-order valence-corrected chi connectivity index (χ4v) is 2.16. The van der Waals surface area contributed by atoms with E-state index in [-0.39, 0.29) is 34.9 Å². The molecule has 0 saturated heterocycles. The monoisotopic (exact) mass is 316 g/mol. The summed E-state index contributed by atoms with van der Waals surface area (Å²) in [7, 11) is 0. The summed E-state index contributed by atoms with van der Waals surface area (Å²) < 4.78 is 1.65. The first-order valence-corrected chi connectivity index (χ1v) is 7.83. The lowest BCUT2D eigenvalue weighted by molar-refractivity contribution is 0.0916. The minimum Gasteiger partial charge on any atom is -0.347 e. The molecule has 2 amide bonds. The maximum Gasteiger partial charge on any atom is 0.287 e. The molecule has 1 atom stereocenters. The van der Waals surface area contributed by atoms with Crippen LogP contribution in [0.4, 0.5) is 0 Å². The molecule has 0 aliphatic carbocycles. The quantitative estimate of drug-likeness (QED) is 0.909. The number of hydrogen-bond donors (Lipinski definition) is 2. The first-order valence-electron chi connectivity index (χ1n) is 7.83. The first kappa shape index (κ1) is 17.0. The molecule has 0 saturated carbocycles. The van der Waals surface area contributed by atoms with E-state index in [2.05, 4.69) is 15.6 Å². The number of amides is 2. The highest BCUT2D eigenvalue weighted by Gasteiger charge is 2.24. The fraction of sp³-hybridized carbons (Fsp3) is 0.471. The van der Waals surface area contributed by atoms with E-state index in [4.69, 9.17) is 0 Å². The summed E-state index contributed by atoms with van der Waals surface area (Å²) >= 11 is 0. The molecule has 0 fully saturated rings. The predicted octanol–water partition coefficient (Wildman–Crippen LogP) is 2.39. The summed E-state index contributed by atoms with van der Waals surface area (Å²) in [4.78, 5) is 29.2. The Morgan fingerprint density at radius 1 is 1.26 bits per heavy atom. The van der Waals surface area contributed by atoms with Gasteiger partial charge in [0.15, 0.2) is 5.69 Å². The van der Waals surface area contributed by atoms with Crippen molar-refractivity contribution < 1.29 is 9.59 Å². The Morgan fingerprint density at radius 2 is 1.96 bits per heavy atom. The first-order chi connectivity index (χ1) is 10.7. The van der Waals surface area contributed by atoms with Crippen LogP contribution in [0.1, 0.15) is 62.1 Å². The van der Waals surface area contributed by atoms with E-state index in [9.17, 15) is 9.59 Å². The van der Waals surface area contributed by atoms with Gasteiger partial charge in [-0.1, -0.05) is 13.0 Å². The van der Waals surface area contributed by atoms with Crippen molar-refractivity contribution in [1.29, 1.82) is 0 Å². The van der Waals surface area contributed by atoms with Gasteiger partial charge in [0.1, 0.15) is 0 Å². The molecule has 0 bridgehead atoms. The third-order valence-electron chi connectivity index (χ3n) is 3.44. The standard InChI is InChI=1S/C17H24N4O2/c1-6-11(2)18-16(23)14-19-13(15(22)20-17(3,4)5)12-9-7-8-10-21(12)14/h7-11H,6H2,1-5H3,(H,18,23)(H,20,22). The zero-order valence-electron chi connectivity index (χ0n) is 14.3. The molecule has 0 aliphatic rings. The van der Waals surface area contributed by atoms with Crippen LogP contribution in [0.3, 0.4) is 0 Å². The summed E-state index contributed by atoms with van der Waals surface area (Å²) in [6.45, 7) is 9.64. The van der Waals surface area contributed by atoms with Crippen molar-refractivity contribution in [2.75, 3.05) is 0 Å². The van der Waals surface area contributed by atoms with Gasteiger partial charge in [0, 0.05) is 17.8 Å². The van der Waals surface area contributed by atoms with Gasteiger partial charge >= 0.3 is 0 Å². The van der Waals surface area contributed by atoms with Gasteiger partial charge in [-0.25, -0.2) is 4.98 Å². The number of fused-ring (bicyclic) bond motifs is 1. The fourth-order valence-electron chi connectivity index (χ4n) is 2.16. The maximum absolute atomic E-state index is 12.5. The molecule has 1 unspecified atom stereocenters. The summed E-state index contributed by atoms with van der Waals surface area (Å²) in [5.74, 6) is -0.348. The summed E-state index contributed by atoms with van der Waals surface area (Å²) in [5, 5.41) is 5.77. The van der Waals surface area contributed by atoms with Crippen molar-refractivity contribution in [3.8, 4) is 0 Å². The number of carbonyl (C=O) groups is 2. The number of nitrogens with one attached hydrogen (secondary N) is 2. The normalized spacial score (nSPS) is 12.9. The van der Waals surface area contributed by atoms with Crippen molar-refractivity contribution in [3.05, 3.63) is 35.9 Å². The highest BCUT2D eigenvalue weighted by molar-refractivity contribution is 6.02. The smallest absolute Gasteiger partial charge is 0.287 e.